The number of nitrogen functional groups attached to an aromatic ring is 2. The maximum Gasteiger partial charge on any atom is 0.277 e. The smallest absolute Gasteiger partial charge is 0.277 e. The quantitative estimate of drug-likeness (QED) is 0.717. The number of hydrogen-bond donors (Lipinski definition) is 3. The number of aryl methyl sites for hydroxylation is 1. The van der Waals surface area contributed by atoms with Crippen molar-refractivity contribution in [3.05, 3.63) is 38.9 Å². The lowest BCUT2D eigenvalue weighted by atomic mass is 10.1. The number of nitrogens with one attached hydrogen (secondary N) is 1. The molecule has 0 aliphatic rings. The summed E-state index contributed by atoms with van der Waals surface area (Å²) in [6.45, 7) is 0.487. The normalized spacial score (nSPS) is 10.5. The molecule has 0 unspecified atom stereocenters. The van der Waals surface area contributed by atoms with Crippen LogP contribution in [0.15, 0.2) is 23.0 Å². The fourth-order valence-electron chi connectivity index (χ4n) is 2.10. The molecule has 1 heterocycles. The summed E-state index contributed by atoms with van der Waals surface area (Å²) in [7, 11) is 3.17. The van der Waals surface area contributed by atoms with Gasteiger partial charge in [-0.15, -0.1) is 0 Å². The molecule has 8 heteroatoms. The number of hydrogen-bond acceptors (Lipinski definition) is 6. The minimum absolute atomic E-state index is 0.0269. The van der Waals surface area contributed by atoms with Gasteiger partial charge in [0.1, 0.15) is 11.5 Å². The number of methoxy groups -OCH3 is 2. The summed E-state index contributed by atoms with van der Waals surface area (Å²) in [5.41, 5.74) is 12.0. The molecule has 0 amide bonds. The second kappa shape index (κ2) is 6.52. The lowest BCUT2D eigenvalue weighted by Crippen LogP contribution is -2.22. The zero-order valence-electron chi connectivity index (χ0n) is 12.4. The molecule has 0 bridgehead atoms. The number of benzene rings is 1. The van der Waals surface area contributed by atoms with E-state index in [0.717, 1.165) is 5.56 Å². The molecule has 0 fully saturated rings. The highest BCUT2D eigenvalue weighted by Crippen LogP contribution is 2.27. The molecule has 5 N–H and O–H groups in total. The summed E-state index contributed by atoms with van der Waals surface area (Å²) in [4.78, 5) is 14.0. The first-order valence-electron chi connectivity index (χ1n) is 6.57. The zero-order valence-corrected chi connectivity index (χ0v) is 13.2. The molecule has 7 nitrogen and oxygen atoms in total. The Bertz CT molecular complexity index is 798. The van der Waals surface area contributed by atoms with Gasteiger partial charge in [-0.3, -0.25) is 9.78 Å². The summed E-state index contributed by atoms with van der Waals surface area (Å²) in [5, 5.41) is 0. The van der Waals surface area contributed by atoms with Crippen LogP contribution in [0.2, 0.25) is 0 Å². The Kier molecular flexibility index (Phi) is 4.71. The van der Waals surface area contributed by atoms with E-state index in [2.05, 4.69) is 4.98 Å². The number of aromatic nitrogens is 2. The van der Waals surface area contributed by atoms with Crippen LogP contribution in [0, 0.1) is 4.77 Å². The molecule has 2 rings (SSSR count). The largest absolute Gasteiger partial charge is 0.493 e. The highest BCUT2D eigenvalue weighted by molar-refractivity contribution is 7.71. The molecule has 0 saturated carbocycles. The van der Waals surface area contributed by atoms with Crippen molar-refractivity contribution in [2.45, 2.75) is 13.0 Å². The van der Waals surface area contributed by atoms with Crippen LogP contribution >= 0.6 is 12.2 Å². The van der Waals surface area contributed by atoms with E-state index in [9.17, 15) is 4.79 Å². The van der Waals surface area contributed by atoms with Crippen molar-refractivity contribution in [2.75, 3.05) is 25.7 Å². The topological polar surface area (TPSA) is 108 Å². The van der Waals surface area contributed by atoms with Gasteiger partial charge in [-0.1, -0.05) is 6.07 Å². The number of nitrogens with two attached hydrogens (primary N) is 2. The monoisotopic (exact) mass is 322 g/mol. The number of rotatable bonds is 5. The van der Waals surface area contributed by atoms with Crippen LogP contribution in [0.5, 0.6) is 11.5 Å². The first-order valence-corrected chi connectivity index (χ1v) is 6.97. The summed E-state index contributed by atoms with van der Waals surface area (Å²) in [6.07, 6.45) is 0.643. The molecule has 0 radical (unpaired) electrons. The first-order chi connectivity index (χ1) is 10.5. The number of nitrogens with zero attached hydrogens (tertiary/aromatic N) is 1. The van der Waals surface area contributed by atoms with Crippen LogP contribution < -0.4 is 26.5 Å². The highest BCUT2D eigenvalue weighted by Gasteiger charge is 2.09. The molecule has 22 heavy (non-hydrogen) atoms. The van der Waals surface area contributed by atoms with E-state index in [4.69, 9.17) is 33.2 Å². The predicted octanol–water partition coefficient (Wildman–Crippen LogP) is 1.33. The van der Waals surface area contributed by atoms with Gasteiger partial charge in [0.15, 0.2) is 16.3 Å². The van der Waals surface area contributed by atoms with E-state index in [1.165, 1.54) is 0 Å². The minimum Gasteiger partial charge on any atom is -0.493 e. The maximum absolute atomic E-state index is 11.5. The van der Waals surface area contributed by atoms with E-state index < -0.39 is 5.56 Å². The molecule has 1 aromatic heterocycles. The Hall–Kier alpha value is -2.48. The number of aromatic amines is 1. The Balaban J connectivity index is 2.26. The second-order valence-electron chi connectivity index (χ2n) is 4.65. The van der Waals surface area contributed by atoms with E-state index in [1.54, 1.807) is 18.8 Å². The van der Waals surface area contributed by atoms with E-state index >= 15 is 0 Å². The first kappa shape index (κ1) is 15.9. The van der Waals surface area contributed by atoms with Crippen molar-refractivity contribution in [1.29, 1.82) is 0 Å². The lowest BCUT2D eigenvalue weighted by molar-refractivity contribution is 0.354. The molecule has 0 aliphatic carbocycles. The van der Waals surface area contributed by atoms with Crippen molar-refractivity contribution in [2.24, 2.45) is 0 Å². The third-order valence-corrected chi connectivity index (χ3v) is 3.67. The maximum atomic E-state index is 11.5. The summed E-state index contributed by atoms with van der Waals surface area (Å²) in [6, 6.07) is 5.64. The molecule has 1 aromatic carbocycles. The summed E-state index contributed by atoms with van der Waals surface area (Å²) in [5.74, 6) is 1.49. The molecular formula is C14H18N4O3S. The second-order valence-corrected chi connectivity index (χ2v) is 5.04. The highest BCUT2D eigenvalue weighted by atomic mass is 32.1. The third-order valence-electron chi connectivity index (χ3n) is 3.35. The average Bonchev–Trinajstić information content (AvgIpc) is 2.52. The van der Waals surface area contributed by atoms with Crippen LogP contribution in [0.4, 0.5) is 11.5 Å². The van der Waals surface area contributed by atoms with Gasteiger partial charge in [-0.25, -0.2) is 0 Å². The van der Waals surface area contributed by atoms with Gasteiger partial charge in [0.2, 0.25) is 0 Å². The standard InChI is InChI=1S/C14H18N4O3S/c1-20-9-4-3-8(7-10(9)21-2)5-6-18-12(16)11(15)13(19)17-14(18)22/h3-4,7H,5-6,15-16H2,1-2H3,(H,17,19,22). The number of anilines is 2. The van der Waals surface area contributed by atoms with Crippen LogP contribution in [0.25, 0.3) is 0 Å². The van der Waals surface area contributed by atoms with E-state index in [0.29, 0.717) is 24.5 Å². The molecule has 2 aromatic rings. The van der Waals surface area contributed by atoms with Gasteiger partial charge >= 0.3 is 0 Å². The zero-order chi connectivity index (χ0) is 16.3. The van der Waals surface area contributed by atoms with Crippen LogP contribution in [0.3, 0.4) is 0 Å². The lowest BCUT2D eigenvalue weighted by Gasteiger charge is -2.13. The SMILES string of the molecule is COc1ccc(CCn2c(N)c(N)c(=O)[nH]c2=S)cc1OC. The Labute approximate surface area is 132 Å². The van der Waals surface area contributed by atoms with Crippen molar-refractivity contribution in [3.63, 3.8) is 0 Å². The van der Waals surface area contributed by atoms with Crippen LogP contribution in [-0.2, 0) is 13.0 Å². The van der Waals surface area contributed by atoms with Gasteiger partial charge in [-0.05, 0) is 36.3 Å². The predicted molar refractivity (Wildman–Crippen MR) is 88.0 cm³/mol. The van der Waals surface area contributed by atoms with Crippen molar-refractivity contribution < 1.29 is 9.47 Å². The van der Waals surface area contributed by atoms with Crippen LogP contribution in [0.1, 0.15) is 5.56 Å². The van der Waals surface area contributed by atoms with Crippen LogP contribution in [-0.4, -0.2) is 23.8 Å². The molecular weight excluding hydrogens is 304 g/mol. The van der Waals surface area contributed by atoms with Gasteiger partial charge < -0.3 is 25.5 Å². The Morgan fingerprint density at radius 2 is 1.91 bits per heavy atom. The average molecular weight is 322 g/mol. The third kappa shape index (κ3) is 3.06. The molecule has 0 aliphatic heterocycles. The van der Waals surface area contributed by atoms with Crippen molar-refractivity contribution in [3.8, 4) is 11.5 Å². The molecule has 0 saturated heterocycles. The fourth-order valence-corrected chi connectivity index (χ4v) is 2.38. The summed E-state index contributed by atoms with van der Waals surface area (Å²) < 4.78 is 12.3. The number of ether oxygens (including phenoxy) is 2. The van der Waals surface area contributed by atoms with Gasteiger partial charge in [0.25, 0.3) is 5.56 Å². The Morgan fingerprint density at radius 1 is 1.23 bits per heavy atom. The van der Waals surface area contributed by atoms with E-state index in [1.807, 2.05) is 18.2 Å². The fraction of sp³-hybridized carbons (Fsp3) is 0.286. The number of H-pyrrole nitrogens is 1. The summed E-state index contributed by atoms with van der Waals surface area (Å²) >= 11 is 5.12. The van der Waals surface area contributed by atoms with Gasteiger partial charge in [0, 0.05) is 6.54 Å². The van der Waals surface area contributed by atoms with Crippen molar-refractivity contribution in [1.82, 2.24) is 9.55 Å². The minimum atomic E-state index is -0.468. The van der Waals surface area contributed by atoms with Gasteiger partial charge in [-0.2, -0.15) is 0 Å². The van der Waals surface area contributed by atoms with E-state index in [-0.39, 0.29) is 16.3 Å². The Morgan fingerprint density at radius 3 is 2.55 bits per heavy atom. The van der Waals surface area contributed by atoms with Gasteiger partial charge in [0.05, 0.1) is 14.2 Å². The molecule has 0 atom stereocenters. The molecule has 0 spiro atoms. The van der Waals surface area contributed by atoms with Crippen molar-refractivity contribution >= 4 is 23.7 Å². The molecule has 118 valence electrons.